The lowest BCUT2D eigenvalue weighted by Crippen LogP contribution is -2.45. The number of rotatable bonds is 10. The third-order valence-electron chi connectivity index (χ3n) is 7.71. The number of hydrogen-bond donors (Lipinski definition) is 2. The molecule has 0 spiro atoms. The maximum absolute atomic E-state index is 13.4. The van der Waals surface area contributed by atoms with Crippen molar-refractivity contribution < 1.29 is 9.59 Å². The molecule has 2 amide bonds. The molecule has 0 bridgehead atoms. The summed E-state index contributed by atoms with van der Waals surface area (Å²) in [4.78, 5) is 31.3. The van der Waals surface area contributed by atoms with Crippen molar-refractivity contribution in [2.75, 3.05) is 39.3 Å². The van der Waals surface area contributed by atoms with Crippen molar-refractivity contribution in [2.24, 2.45) is 17.8 Å². The molecule has 2 N–H and O–H groups in total. The molecule has 1 saturated carbocycles. The molecule has 0 aromatic heterocycles. The third kappa shape index (κ3) is 6.71. The first-order valence-electron chi connectivity index (χ1n) is 13.2. The molecule has 0 radical (unpaired) electrons. The summed E-state index contributed by atoms with van der Waals surface area (Å²) in [5.41, 5.74) is 2.52. The van der Waals surface area contributed by atoms with Crippen LogP contribution < -0.4 is 10.6 Å². The number of amides is 2. The normalized spacial score (nSPS) is 25.0. The monoisotopic (exact) mass is 474 g/mol. The van der Waals surface area contributed by atoms with Crippen molar-refractivity contribution in [1.82, 2.24) is 20.4 Å². The third-order valence-corrected chi connectivity index (χ3v) is 7.71. The number of carbonyl (C=O) groups is 2. The first-order valence-corrected chi connectivity index (χ1v) is 13.2. The standard InChI is InChI=1S/C29H38N4O2/c34-28(30-15-13-22-7-3-1-4-8-22)26-20-33(18-24-11-12-24)21-27(26)29(35)31-25-14-16-32(19-25)17-23-9-5-2-6-10-23/h1-10,24-27H,11-21H2,(H,30,34)(H,31,35)/t25?,26-,27+/m0/s1. The fourth-order valence-electron chi connectivity index (χ4n) is 5.58. The Kier molecular flexibility index (Phi) is 7.79. The van der Waals surface area contributed by atoms with Gasteiger partial charge in [-0.2, -0.15) is 0 Å². The first-order chi connectivity index (χ1) is 17.1. The van der Waals surface area contributed by atoms with Crippen molar-refractivity contribution in [3.05, 3.63) is 71.8 Å². The Morgan fingerprint density at radius 1 is 0.771 bits per heavy atom. The molecule has 2 aromatic rings. The molecule has 6 heteroatoms. The van der Waals surface area contributed by atoms with Gasteiger partial charge < -0.3 is 15.5 Å². The SMILES string of the molecule is O=C(NCCc1ccccc1)[C@H]1CN(CC2CC2)C[C@H]1C(=O)NC1CCN(Cc2ccccc2)C1. The van der Waals surface area contributed by atoms with Crippen LogP contribution in [-0.2, 0) is 22.6 Å². The van der Waals surface area contributed by atoms with Gasteiger partial charge in [-0.15, -0.1) is 0 Å². The second-order valence-electron chi connectivity index (χ2n) is 10.6. The van der Waals surface area contributed by atoms with Crippen LogP contribution in [0.2, 0.25) is 0 Å². The lowest BCUT2D eigenvalue weighted by molar-refractivity contribution is -0.133. The summed E-state index contributed by atoms with van der Waals surface area (Å²) < 4.78 is 0. The largest absolute Gasteiger partial charge is 0.355 e. The summed E-state index contributed by atoms with van der Waals surface area (Å²) in [7, 11) is 0. The highest BCUT2D eigenvalue weighted by atomic mass is 16.2. The van der Waals surface area contributed by atoms with Crippen molar-refractivity contribution in [3.8, 4) is 0 Å². The molecule has 6 nitrogen and oxygen atoms in total. The van der Waals surface area contributed by atoms with E-state index < -0.39 is 0 Å². The highest BCUT2D eigenvalue weighted by Gasteiger charge is 2.43. The second-order valence-corrected chi connectivity index (χ2v) is 10.6. The predicted molar refractivity (Wildman–Crippen MR) is 138 cm³/mol. The van der Waals surface area contributed by atoms with Gasteiger partial charge in [-0.05, 0) is 42.7 Å². The number of hydrogen-bond acceptors (Lipinski definition) is 4. The van der Waals surface area contributed by atoms with Crippen molar-refractivity contribution >= 4 is 11.8 Å². The minimum Gasteiger partial charge on any atom is -0.355 e. The van der Waals surface area contributed by atoms with E-state index in [4.69, 9.17) is 0 Å². The average molecular weight is 475 g/mol. The molecule has 186 valence electrons. The molecule has 3 aliphatic rings. The number of carbonyl (C=O) groups excluding carboxylic acids is 2. The summed E-state index contributed by atoms with van der Waals surface area (Å²) in [6.07, 6.45) is 4.33. The Morgan fingerprint density at radius 2 is 1.43 bits per heavy atom. The van der Waals surface area contributed by atoms with Gasteiger partial charge in [0, 0.05) is 51.9 Å². The molecule has 5 rings (SSSR count). The zero-order valence-corrected chi connectivity index (χ0v) is 20.6. The summed E-state index contributed by atoms with van der Waals surface area (Å²) >= 11 is 0. The molecule has 2 aromatic carbocycles. The van der Waals surface area contributed by atoms with E-state index in [-0.39, 0.29) is 29.7 Å². The van der Waals surface area contributed by atoms with E-state index in [1.807, 2.05) is 24.3 Å². The predicted octanol–water partition coefficient (Wildman–Crippen LogP) is 2.69. The molecule has 1 aliphatic carbocycles. The molecule has 2 heterocycles. The van der Waals surface area contributed by atoms with Crippen molar-refractivity contribution in [2.45, 2.75) is 38.3 Å². The van der Waals surface area contributed by atoms with E-state index in [0.717, 1.165) is 44.9 Å². The number of benzene rings is 2. The first kappa shape index (κ1) is 24.0. The zero-order valence-electron chi connectivity index (χ0n) is 20.6. The van der Waals surface area contributed by atoms with E-state index in [1.165, 1.54) is 24.0 Å². The van der Waals surface area contributed by atoms with Gasteiger partial charge in [0.15, 0.2) is 0 Å². The smallest absolute Gasteiger partial charge is 0.225 e. The van der Waals surface area contributed by atoms with Crippen LogP contribution >= 0.6 is 0 Å². The molecule has 2 saturated heterocycles. The minimum atomic E-state index is -0.272. The summed E-state index contributed by atoms with van der Waals surface area (Å²) in [5.74, 6) is 0.287. The van der Waals surface area contributed by atoms with Crippen molar-refractivity contribution in [3.63, 3.8) is 0 Å². The maximum atomic E-state index is 13.4. The molecular weight excluding hydrogens is 436 g/mol. The lowest BCUT2D eigenvalue weighted by Gasteiger charge is -2.21. The molecule has 2 aliphatic heterocycles. The zero-order chi connectivity index (χ0) is 24.0. The Morgan fingerprint density at radius 3 is 2.11 bits per heavy atom. The van der Waals surface area contributed by atoms with Crippen LogP contribution in [0.4, 0.5) is 0 Å². The lowest BCUT2D eigenvalue weighted by atomic mass is 9.93. The van der Waals surface area contributed by atoms with E-state index in [1.54, 1.807) is 0 Å². The Hall–Kier alpha value is -2.70. The number of likely N-dealkylation sites (tertiary alicyclic amines) is 2. The Balaban J connectivity index is 1.14. The van der Waals surface area contributed by atoms with E-state index in [9.17, 15) is 9.59 Å². The topological polar surface area (TPSA) is 64.7 Å². The van der Waals surface area contributed by atoms with Gasteiger partial charge in [-0.3, -0.25) is 14.5 Å². The van der Waals surface area contributed by atoms with Crippen LogP contribution in [0.5, 0.6) is 0 Å². The van der Waals surface area contributed by atoms with Gasteiger partial charge in [0.2, 0.25) is 11.8 Å². The quantitative estimate of drug-likeness (QED) is 0.556. The fourth-order valence-corrected chi connectivity index (χ4v) is 5.58. The number of nitrogens with one attached hydrogen (secondary N) is 2. The van der Waals surface area contributed by atoms with Crippen molar-refractivity contribution in [1.29, 1.82) is 0 Å². The fraction of sp³-hybridized carbons (Fsp3) is 0.517. The molecular formula is C29H38N4O2. The van der Waals surface area contributed by atoms with Gasteiger partial charge >= 0.3 is 0 Å². The Labute approximate surface area is 209 Å². The van der Waals surface area contributed by atoms with Crippen LogP contribution in [0.15, 0.2) is 60.7 Å². The van der Waals surface area contributed by atoms with Gasteiger partial charge in [0.25, 0.3) is 0 Å². The average Bonchev–Trinajstić information content (AvgIpc) is 3.41. The van der Waals surface area contributed by atoms with Gasteiger partial charge in [-0.1, -0.05) is 60.7 Å². The Bertz CT molecular complexity index is 979. The van der Waals surface area contributed by atoms with Crippen LogP contribution in [0.25, 0.3) is 0 Å². The molecule has 35 heavy (non-hydrogen) atoms. The van der Waals surface area contributed by atoms with Crippen LogP contribution in [-0.4, -0.2) is 66.9 Å². The second kappa shape index (κ2) is 11.4. The maximum Gasteiger partial charge on any atom is 0.225 e. The molecule has 3 atom stereocenters. The van der Waals surface area contributed by atoms with E-state index >= 15 is 0 Å². The highest BCUT2D eigenvalue weighted by molar-refractivity contribution is 5.88. The molecule has 1 unspecified atom stereocenters. The minimum absolute atomic E-state index is 0.0245. The summed E-state index contributed by atoms with van der Waals surface area (Å²) in [5, 5.41) is 6.43. The molecule has 3 fully saturated rings. The van der Waals surface area contributed by atoms with Gasteiger partial charge in [0.05, 0.1) is 11.8 Å². The van der Waals surface area contributed by atoms with Crippen LogP contribution in [0.1, 0.15) is 30.4 Å². The van der Waals surface area contributed by atoms with Crippen LogP contribution in [0.3, 0.4) is 0 Å². The summed E-state index contributed by atoms with van der Waals surface area (Å²) in [6.45, 7) is 5.78. The van der Waals surface area contributed by atoms with Gasteiger partial charge in [-0.25, -0.2) is 0 Å². The van der Waals surface area contributed by atoms with E-state index in [2.05, 4.69) is 56.8 Å². The van der Waals surface area contributed by atoms with Gasteiger partial charge in [0.1, 0.15) is 0 Å². The summed E-state index contributed by atoms with van der Waals surface area (Å²) in [6, 6.07) is 20.9. The van der Waals surface area contributed by atoms with E-state index in [0.29, 0.717) is 19.6 Å². The van der Waals surface area contributed by atoms with Crippen LogP contribution in [0, 0.1) is 17.8 Å². The highest BCUT2D eigenvalue weighted by Crippen LogP contribution is 2.33. The number of nitrogens with zero attached hydrogens (tertiary/aromatic N) is 2.